The minimum atomic E-state index is 0.284. The van der Waals surface area contributed by atoms with Crippen molar-refractivity contribution in [1.82, 2.24) is 10.2 Å². The van der Waals surface area contributed by atoms with Gasteiger partial charge in [-0.3, -0.25) is 4.79 Å². The van der Waals surface area contributed by atoms with Crippen molar-refractivity contribution in [3.05, 3.63) is 0 Å². The van der Waals surface area contributed by atoms with Crippen molar-refractivity contribution in [2.24, 2.45) is 5.92 Å². The van der Waals surface area contributed by atoms with Crippen LogP contribution in [0.5, 0.6) is 0 Å². The van der Waals surface area contributed by atoms with Gasteiger partial charge in [0.2, 0.25) is 5.91 Å². The third-order valence-corrected chi connectivity index (χ3v) is 3.90. The smallest absolute Gasteiger partial charge is 0.223 e. The standard InChI is InChI=1S/C14H28N2O/c1-4-16(5-2)14(17)10-11-15-13-8-6-12(3)7-9-13/h12-13,15H,4-11H2,1-3H3. The molecule has 3 heteroatoms. The highest BCUT2D eigenvalue weighted by Crippen LogP contribution is 2.23. The van der Waals surface area contributed by atoms with Gasteiger partial charge in [0.05, 0.1) is 0 Å². The number of nitrogens with zero attached hydrogens (tertiary/aromatic N) is 1. The number of carbonyl (C=O) groups excluding carboxylic acids is 1. The molecule has 0 aromatic heterocycles. The highest BCUT2D eigenvalue weighted by molar-refractivity contribution is 5.76. The molecule has 100 valence electrons. The molecule has 0 unspecified atom stereocenters. The molecule has 0 bridgehead atoms. The molecule has 1 fully saturated rings. The van der Waals surface area contributed by atoms with Crippen molar-refractivity contribution in [2.75, 3.05) is 19.6 Å². The van der Waals surface area contributed by atoms with Crippen LogP contribution in [0.3, 0.4) is 0 Å². The first-order valence-corrected chi connectivity index (χ1v) is 7.18. The Morgan fingerprint density at radius 3 is 2.29 bits per heavy atom. The lowest BCUT2D eigenvalue weighted by molar-refractivity contribution is -0.130. The van der Waals surface area contributed by atoms with Gasteiger partial charge < -0.3 is 10.2 Å². The molecule has 1 N–H and O–H groups in total. The normalized spacial score (nSPS) is 24.6. The summed E-state index contributed by atoms with van der Waals surface area (Å²) < 4.78 is 0. The minimum absolute atomic E-state index is 0.284. The van der Waals surface area contributed by atoms with Crippen LogP contribution in [0.25, 0.3) is 0 Å². The average molecular weight is 240 g/mol. The molecule has 0 aliphatic heterocycles. The third kappa shape index (κ3) is 5.07. The second-order valence-corrected chi connectivity index (χ2v) is 5.23. The van der Waals surface area contributed by atoms with Gasteiger partial charge in [-0.15, -0.1) is 0 Å². The van der Waals surface area contributed by atoms with Crippen molar-refractivity contribution in [3.8, 4) is 0 Å². The van der Waals surface area contributed by atoms with Crippen LogP contribution >= 0.6 is 0 Å². The maximum Gasteiger partial charge on any atom is 0.223 e. The molecule has 0 saturated heterocycles. The Balaban J connectivity index is 2.13. The van der Waals surface area contributed by atoms with Gasteiger partial charge in [0, 0.05) is 32.1 Å². The topological polar surface area (TPSA) is 32.3 Å². The van der Waals surface area contributed by atoms with Crippen LogP contribution in [-0.4, -0.2) is 36.5 Å². The van der Waals surface area contributed by atoms with Gasteiger partial charge in [-0.2, -0.15) is 0 Å². The Morgan fingerprint density at radius 1 is 1.18 bits per heavy atom. The molecule has 0 atom stereocenters. The van der Waals surface area contributed by atoms with Gasteiger partial charge in [0.15, 0.2) is 0 Å². The fourth-order valence-corrected chi connectivity index (χ4v) is 2.58. The lowest BCUT2D eigenvalue weighted by Crippen LogP contribution is -2.37. The Kier molecular flexibility index (Phi) is 6.56. The Hall–Kier alpha value is -0.570. The van der Waals surface area contributed by atoms with Crippen molar-refractivity contribution in [2.45, 2.75) is 58.9 Å². The summed E-state index contributed by atoms with van der Waals surface area (Å²) in [5.74, 6) is 1.18. The van der Waals surface area contributed by atoms with E-state index in [1.165, 1.54) is 25.7 Å². The number of carbonyl (C=O) groups is 1. The zero-order chi connectivity index (χ0) is 12.7. The van der Waals surface area contributed by atoms with Crippen molar-refractivity contribution in [1.29, 1.82) is 0 Å². The minimum Gasteiger partial charge on any atom is -0.343 e. The molecule has 1 amide bonds. The summed E-state index contributed by atoms with van der Waals surface area (Å²) in [5, 5.41) is 3.53. The van der Waals surface area contributed by atoms with E-state index in [9.17, 15) is 4.79 Å². The van der Waals surface area contributed by atoms with Crippen LogP contribution in [0.1, 0.15) is 52.9 Å². The molecular formula is C14H28N2O. The fourth-order valence-electron chi connectivity index (χ4n) is 2.58. The molecule has 17 heavy (non-hydrogen) atoms. The molecule has 1 saturated carbocycles. The molecule has 0 radical (unpaired) electrons. The molecule has 1 aliphatic rings. The third-order valence-electron chi connectivity index (χ3n) is 3.90. The van der Waals surface area contributed by atoms with E-state index >= 15 is 0 Å². The van der Waals surface area contributed by atoms with Crippen LogP contribution < -0.4 is 5.32 Å². The van der Waals surface area contributed by atoms with Gasteiger partial charge >= 0.3 is 0 Å². The monoisotopic (exact) mass is 240 g/mol. The summed E-state index contributed by atoms with van der Waals surface area (Å²) in [5.41, 5.74) is 0. The molecule has 3 nitrogen and oxygen atoms in total. The largest absolute Gasteiger partial charge is 0.343 e. The number of nitrogens with one attached hydrogen (secondary N) is 1. The van der Waals surface area contributed by atoms with E-state index in [1.54, 1.807) is 0 Å². The van der Waals surface area contributed by atoms with Crippen molar-refractivity contribution in [3.63, 3.8) is 0 Å². The van der Waals surface area contributed by atoms with Crippen LogP contribution in [0, 0.1) is 5.92 Å². The van der Waals surface area contributed by atoms with E-state index in [0.717, 1.165) is 25.6 Å². The summed E-state index contributed by atoms with van der Waals surface area (Å²) in [6, 6.07) is 0.649. The quantitative estimate of drug-likeness (QED) is 0.773. The predicted octanol–water partition coefficient (Wildman–Crippen LogP) is 2.41. The van der Waals surface area contributed by atoms with Crippen molar-refractivity contribution >= 4 is 5.91 Å². The van der Waals surface area contributed by atoms with Crippen molar-refractivity contribution < 1.29 is 4.79 Å². The first-order valence-electron chi connectivity index (χ1n) is 7.18. The molecular weight excluding hydrogens is 212 g/mol. The summed E-state index contributed by atoms with van der Waals surface area (Å²) in [7, 11) is 0. The maximum atomic E-state index is 11.8. The molecule has 1 aliphatic carbocycles. The first-order chi connectivity index (χ1) is 8.17. The molecule has 0 heterocycles. The second kappa shape index (κ2) is 7.70. The zero-order valence-corrected chi connectivity index (χ0v) is 11.7. The van der Waals surface area contributed by atoms with E-state index in [-0.39, 0.29) is 5.91 Å². The van der Waals surface area contributed by atoms with Gasteiger partial charge in [0.1, 0.15) is 0 Å². The molecule has 0 aromatic carbocycles. The first kappa shape index (κ1) is 14.5. The lowest BCUT2D eigenvalue weighted by Gasteiger charge is -2.27. The van der Waals surface area contributed by atoms with Crippen LogP contribution in [0.15, 0.2) is 0 Å². The Labute approximate surface area is 106 Å². The maximum absolute atomic E-state index is 11.8. The SMILES string of the molecule is CCN(CC)C(=O)CCNC1CCC(C)CC1. The summed E-state index contributed by atoms with van der Waals surface area (Å²) in [6.45, 7) is 8.91. The van der Waals surface area contributed by atoms with Gasteiger partial charge in [-0.25, -0.2) is 0 Å². The van der Waals surface area contributed by atoms with Crippen LogP contribution in [0.4, 0.5) is 0 Å². The summed E-state index contributed by atoms with van der Waals surface area (Å²) >= 11 is 0. The Morgan fingerprint density at radius 2 is 1.76 bits per heavy atom. The molecule has 1 rings (SSSR count). The van der Waals surface area contributed by atoms with Crippen LogP contribution in [-0.2, 0) is 4.79 Å². The van der Waals surface area contributed by atoms with Crippen LogP contribution in [0.2, 0.25) is 0 Å². The number of hydrogen-bond acceptors (Lipinski definition) is 2. The van der Waals surface area contributed by atoms with E-state index < -0.39 is 0 Å². The van der Waals surface area contributed by atoms with E-state index in [2.05, 4.69) is 12.2 Å². The fraction of sp³-hybridized carbons (Fsp3) is 0.929. The van der Waals surface area contributed by atoms with E-state index in [1.807, 2.05) is 18.7 Å². The second-order valence-electron chi connectivity index (χ2n) is 5.23. The van der Waals surface area contributed by atoms with E-state index in [4.69, 9.17) is 0 Å². The van der Waals surface area contributed by atoms with Gasteiger partial charge in [0.25, 0.3) is 0 Å². The van der Waals surface area contributed by atoms with Gasteiger partial charge in [-0.1, -0.05) is 6.92 Å². The highest BCUT2D eigenvalue weighted by Gasteiger charge is 2.18. The highest BCUT2D eigenvalue weighted by atomic mass is 16.2. The number of rotatable bonds is 6. The number of amides is 1. The number of hydrogen-bond donors (Lipinski definition) is 1. The average Bonchev–Trinajstić information content (AvgIpc) is 2.33. The molecule has 0 aromatic rings. The summed E-state index contributed by atoms with van der Waals surface area (Å²) in [4.78, 5) is 13.7. The molecule has 0 spiro atoms. The Bertz CT molecular complexity index is 218. The van der Waals surface area contributed by atoms with Gasteiger partial charge in [-0.05, 0) is 45.4 Å². The van der Waals surface area contributed by atoms with E-state index in [0.29, 0.717) is 12.5 Å². The summed E-state index contributed by atoms with van der Waals surface area (Å²) in [6.07, 6.45) is 5.87. The zero-order valence-electron chi connectivity index (χ0n) is 11.7. The predicted molar refractivity (Wildman–Crippen MR) is 72.0 cm³/mol. The lowest BCUT2D eigenvalue weighted by atomic mass is 9.87.